The third-order valence-corrected chi connectivity index (χ3v) is 5.72. The molecule has 1 unspecified atom stereocenters. The van der Waals surface area contributed by atoms with Crippen molar-refractivity contribution in [2.24, 2.45) is 0 Å². The lowest BCUT2D eigenvalue weighted by atomic mass is 10.1. The number of thiazole rings is 1. The molecule has 0 bridgehead atoms. The van der Waals surface area contributed by atoms with Crippen molar-refractivity contribution in [2.75, 3.05) is 18.9 Å². The molecule has 4 nitrogen and oxygen atoms in total. The van der Waals surface area contributed by atoms with Crippen LogP contribution in [0, 0.1) is 0 Å². The molecule has 1 amide bonds. The first-order chi connectivity index (χ1) is 12.1. The molecule has 0 aliphatic rings. The lowest BCUT2D eigenvalue weighted by molar-refractivity contribution is -0.902. The smallest absolute Gasteiger partial charge is 0.279 e. The quantitative estimate of drug-likeness (QED) is 0.715. The minimum absolute atomic E-state index is 0.0229. The van der Waals surface area contributed by atoms with E-state index in [9.17, 15) is 4.79 Å². The molecular formula is C20H24N3OS+. The van der Waals surface area contributed by atoms with Crippen LogP contribution in [0.4, 0.5) is 5.69 Å². The number of hydrogen-bond acceptors (Lipinski definition) is 3. The molecule has 130 valence electrons. The van der Waals surface area contributed by atoms with Gasteiger partial charge in [0.05, 0.1) is 17.3 Å². The number of fused-ring (bicyclic) bond motifs is 1. The number of likely N-dealkylation sites (N-methyl/N-ethyl adjacent to an activating group) is 1. The topological polar surface area (TPSA) is 46.4 Å². The predicted molar refractivity (Wildman–Crippen MR) is 104 cm³/mol. The number of aromatic nitrogens is 1. The van der Waals surface area contributed by atoms with E-state index >= 15 is 0 Å². The molecule has 2 aromatic carbocycles. The van der Waals surface area contributed by atoms with E-state index in [2.05, 4.69) is 37.4 Å². The van der Waals surface area contributed by atoms with Gasteiger partial charge < -0.3 is 10.2 Å². The summed E-state index contributed by atoms with van der Waals surface area (Å²) in [5.74, 6) is 0.0229. The fraction of sp³-hybridized carbons (Fsp3) is 0.300. The average molecular weight is 354 g/mol. The Hall–Kier alpha value is -2.24. The van der Waals surface area contributed by atoms with Gasteiger partial charge in [0.1, 0.15) is 6.04 Å². The zero-order chi connectivity index (χ0) is 17.8. The first-order valence-electron chi connectivity index (χ1n) is 8.63. The number of hydrogen-bond donors (Lipinski definition) is 2. The molecule has 0 spiro atoms. The average Bonchev–Trinajstić information content (AvgIpc) is 3.05. The van der Waals surface area contributed by atoms with Crippen LogP contribution in [0.25, 0.3) is 10.2 Å². The lowest BCUT2D eigenvalue weighted by Crippen LogP contribution is -3.10. The minimum atomic E-state index is 0.0229. The highest BCUT2D eigenvalue weighted by atomic mass is 32.1. The van der Waals surface area contributed by atoms with Gasteiger partial charge in [0.25, 0.3) is 5.91 Å². The van der Waals surface area contributed by atoms with Crippen LogP contribution in [0.1, 0.15) is 30.5 Å². The Labute approximate surface area is 152 Å². The fourth-order valence-corrected chi connectivity index (χ4v) is 3.83. The maximum Gasteiger partial charge on any atom is 0.279 e. The first kappa shape index (κ1) is 17.6. The minimum Gasteiger partial charge on any atom is -0.322 e. The highest BCUT2D eigenvalue weighted by Gasteiger charge is 2.22. The van der Waals surface area contributed by atoms with Gasteiger partial charge in [-0.25, -0.2) is 4.98 Å². The van der Waals surface area contributed by atoms with Gasteiger partial charge in [-0.2, -0.15) is 0 Å². The van der Waals surface area contributed by atoms with Crippen molar-refractivity contribution in [3.05, 3.63) is 59.1 Å². The number of rotatable bonds is 6. The number of nitrogens with one attached hydrogen (secondary N) is 2. The molecule has 0 aliphatic carbocycles. The highest BCUT2D eigenvalue weighted by molar-refractivity contribution is 7.18. The molecular weight excluding hydrogens is 330 g/mol. The summed E-state index contributed by atoms with van der Waals surface area (Å²) in [5, 5.41) is 4.05. The van der Waals surface area contributed by atoms with Crippen LogP contribution in [-0.4, -0.2) is 24.5 Å². The van der Waals surface area contributed by atoms with E-state index in [0.717, 1.165) is 27.5 Å². The summed E-state index contributed by atoms with van der Waals surface area (Å²) in [6.45, 7) is 4.65. The van der Waals surface area contributed by atoms with Crippen LogP contribution in [0.15, 0.2) is 48.5 Å². The molecule has 5 heteroatoms. The maximum absolute atomic E-state index is 12.3. The number of para-hydroxylation sites is 1. The van der Waals surface area contributed by atoms with Gasteiger partial charge >= 0.3 is 0 Å². The van der Waals surface area contributed by atoms with Gasteiger partial charge in [0.15, 0.2) is 11.6 Å². The van der Waals surface area contributed by atoms with Gasteiger partial charge in [-0.1, -0.05) is 31.2 Å². The van der Waals surface area contributed by atoms with E-state index in [-0.39, 0.29) is 11.9 Å². The van der Waals surface area contributed by atoms with Gasteiger partial charge in [0, 0.05) is 5.69 Å². The summed E-state index contributed by atoms with van der Waals surface area (Å²) in [4.78, 5) is 18.2. The third-order valence-electron chi connectivity index (χ3n) is 4.51. The number of amides is 1. The number of carbonyl (C=O) groups excluding carboxylic acids is 1. The summed E-state index contributed by atoms with van der Waals surface area (Å²) in [7, 11) is 2.04. The van der Waals surface area contributed by atoms with E-state index in [0.29, 0.717) is 6.54 Å². The maximum atomic E-state index is 12.3. The summed E-state index contributed by atoms with van der Waals surface area (Å²) in [5.41, 5.74) is 3.15. The number of aryl methyl sites for hydroxylation is 1. The molecule has 1 heterocycles. The highest BCUT2D eigenvalue weighted by Crippen LogP contribution is 2.24. The monoisotopic (exact) mass is 354 g/mol. The Kier molecular flexibility index (Phi) is 5.46. The predicted octanol–water partition coefficient (Wildman–Crippen LogP) is 3.07. The van der Waals surface area contributed by atoms with Gasteiger partial charge in [-0.3, -0.25) is 4.79 Å². The molecule has 2 N–H and O–H groups in total. The molecule has 0 aliphatic heterocycles. The third kappa shape index (κ3) is 4.24. The number of carbonyl (C=O) groups is 1. The summed E-state index contributed by atoms with van der Waals surface area (Å²) < 4.78 is 1.19. The van der Waals surface area contributed by atoms with E-state index in [1.807, 2.05) is 37.4 Å². The van der Waals surface area contributed by atoms with Crippen molar-refractivity contribution in [2.45, 2.75) is 26.3 Å². The molecule has 0 radical (unpaired) electrons. The molecule has 1 aromatic heterocycles. The van der Waals surface area contributed by atoms with Gasteiger partial charge in [0.2, 0.25) is 0 Å². The molecule has 0 fully saturated rings. The van der Waals surface area contributed by atoms with Crippen molar-refractivity contribution >= 4 is 33.1 Å². The number of benzene rings is 2. The SMILES string of the molecule is CCc1ccc(NC(=O)C[NH+](C)[C@H](C)c2nc3ccccc3s2)cc1. The Morgan fingerprint density at radius 2 is 1.92 bits per heavy atom. The van der Waals surface area contributed by atoms with Crippen LogP contribution < -0.4 is 10.2 Å². The van der Waals surface area contributed by atoms with E-state index < -0.39 is 0 Å². The molecule has 3 rings (SSSR count). The van der Waals surface area contributed by atoms with Gasteiger partial charge in [-0.05, 0) is 43.2 Å². The Morgan fingerprint density at radius 3 is 2.60 bits per heavy atom. The van der Waals surface area contributed by atoms with Gasteiger partial charge in [-0.15, -0.1) is 11.3 Å². The number of nitrogens with zero attached hydrogens (tertiary/aromatic N) is 1. The molecule has 0 saturated carbocycles. The molecule has 0 saturated heterocycles. The second kappa shape index (κ2) is 7.76. The largest absolute Gasteiger partial charge is 0.322 e. The summed E-state index contributed by atoms with van der Waals surface area (Å²) in [6, 6.07) is 16.4. The van der Waals surface area contributed by atoms with Crippen molar-refractivity contribution in [1.82, 2.24) is 4.98 Å². The second-order valence-corrected chi connectivity index (χ2v) is 7.43. The van der Waals surface area contributed by atoms with E-state index in [4.69, 9.17) is 4.98 Å². The summed E-state index contributed by atoms with van der Waals surface area (Å²) in [6.07, 6.45) is 1.00. The van der Waals surface area contributed by atoms with Crippen LogP contribution in [-0.2, 0) is 11.2 Å². The second-order valence-electron chi connectivity index (χ2n) is 6.36. The fourth-order valence-electron chi connectivity index (χ4n) is 2.72. The van der Waals surface area contributed by atoms with E-state index in [1.54, 1.807) is 11.3 Å². The molecule has 2 atom stereocenters. The molecule has 25 heavy (non-hydrogen) atoms. The zero-order valence-electron chi connectivity index (χ0n) is 14.9. The van der Waals surface area contributed by atoms with Crippen LogP contribution in [0.3, 0.4) is 0 Å². The first-order valence-corrected chi connectivity index (χ1v) is 9.45. The Bertz CT molecular complexity index is 824. The van der Waals surface area contributed by atoms with Crippen molar-refractivity contribution in [3.63, 3.8) is 0 Å². The zero-order valence-corrected chi connectivity index (χ0v) is 15.7. The number of anilines is 1. The van der Waals surface area contributed by atoms with Crippen molar-refractivity contribution < 1.29 is 9.69 Å². The van der Waals surface area contributed by atoms with E-state index in [1.165, 1.54) is 10.3 Å². The Balaban J connectivity index is 1.61. The van der Waals surface area contributed by atoms with Crippen molar-refractivity contribution in [1.29, 1.82) is 0 Å². The lowest BCUT2D eigenvalue weighted by Gasteiger charge is -2.19. The van der Waals surface area contributed by atoms with Crippen LogP contribution in [0.5, 0.6) is 0 Å². The molecule has 3 aromatic rings. The van der Waals surface area contributed by atoms with Crippen LogP contribution >= 0.6 is 11.3 Å². The standard InChI is InChI=1S/C20H23N3OS/c1-4-15-9-11-16(12-10-15)21-19(24)13-23(3)14(2)20-22-17-7-5-6-8-18(17)25-20/h5-12,14H,4,13H2,1-3H3,(H,21,24)/p+1/t14-/m1/s1. The van der Waals surface area contributed by atoms with Crippen LogP contribution in [0.2, 0.25) is 0 Å². The number of quaternary nitrogens is 1. The summed E-state index contributed by atoms with van der Waals surface area (Å²) >= 11 is 1.71. The normalized spacial score (nSPS) is 13.6. The Morgan fingerprint density at radius 1 is 1.20 bits per heavy atom. The van der Waals surface area contributed by atoms with Crippen molar-refractivity contribution in [3.8, 4) is 0 Å².